The second-order valence-electron chi connectivity index (χ2n) is 8.84. The van der Waals surface area contributed by atoms with Gasteiger partial charge in [-0.3, -0.25) is 10.1 Å². The third-order valence-corrected chi connectivity index (χ3v) is 7.86. The van der Waals surface area contributed by atoms with Crippen LogP contribution >= 0.6 is 11.3 Å². The Labute approximate surface area is 185 Å². The second-order valence-corrected chi connectivity index (χ2v) is 9.87. The van der Waals surface area contributed by atoms with Crippen LogP contribution in [0.3, 0.4) is 0 Å². The number of aromatic nitrogens is 2. The van der Waals surface area contributed by atoms with Gasteiger partial charge in [-0.2, -0.15) is 0 Å². The number of aromatic amines is 1. The van der Waals surface area contributed by atoms with Crippen LogP contribution in [-0.2, 0) is 11.2 Å². The summed E-state index contributed by atoms with van der Waals surface area (Å²) in [5.74, 6) is 0.578. The molecular weight excluding hydrogens is 404 g/mol. The molecule has 1 aliphatic carbocycles. The van der Waals surface area contributed by atoms with Crippen LogP contribution in [0.2, 0.25) is 0 Å². The van der Waals surface area contributed by atoms with E-state index in [0.29, 0.717) is 17.5 Å². The molecule has 158 valence electrons. The Morgan fingerprint density at radius 3 is 2.71 bits per heavy atom. The summed E-state index contributed by atoms with van der Waals surface area (Å²) in [5.41, 5.74) is 4.69. The van der Waals surface area contributed by atoms with Crippen molar-refractivity contribution in [2.75, 3.05) is 5.32 Å². The molecule has 2 atom stereocenters. The fraction of sp³-hybridized carbons (Fsp3) is 0.360. The lowest BCUT2D eigenvalue weighted by Crippen LogP contribution is -2.49. The van der Waals surface area contributed by atoms with E-state index in [1.54, 1.807) is 0 Å². The Morgan fingerprint density at radius 1 is 1.03 bits per heavy atom. The first-order valence-electron chi connectivity index (χ1n) is 11.3. The molecule has 2 aromatic heterocycles. The van der Waals surface area contributed by atoms with Crippen molar-refractivity contribution in [3.05, 3.63) is 59.8 Å². The molecule has 3 N–H and O–H groups in total. The number of H-pyrrole nitrogens is 1. The molecule has 6 rings (SSSR count). The van der Waals surface area contributed by atoms with Crippen LogP contribution < -0.4 is 10.6 Å². The number of hydrogen-bond donors (Lipinski definition) is 3. The quantitative estimate of drug-likeness (QED) is 0.399. The first-order chi connectivity index (χ1) is 15.3. The zero-order valence-electron chi connectivity index (χ0n) is 17.4. The maximum absolute atomic E-state index is 13.3. The first kappa shape index (κ1) is 19.0. The molecule has 1 aliphatic heterocycles. The molecule has 0 bridgehead atoms. The van der Waals surface area contributed by atoms with Gasteiger partial charge in [-0.1, -0.05) is 60.9 Å². The molecule has 6 heteroatoms. The number of thiazole rings is 1. The first-order valence-corrected chi connectivity index (χ1v) is 12.1. The Bertz CT molecular complexity index is 1220. The number of anilines is 1. The Kier molecular flexibility index (Phi) is 4.77. The second kappa shape index (κ2) is 7.77. The number of amides is 1. The van der Waals surface area contributed by atoms with Gasteiger partial charge < -0.3 is 10.3 Å². The fourth-order valence-corrected chi connectivity index (χ4v) is 6.26. The van der Waals surface area contributed by atoms with E-state index in [4.69, 9.17) is 0 Å². The summed E-state index contributed by atoms with van der Waals surface area (Å²) in [6.45, 7) is 0. The van der Waals surface area contributed by atoms with Crippen molar-refractivity contribution in [1.82, 2.24) is 15.3 Å². The third-order valence-electron chi connectivity index (χ3n) is 6.91. The van der Waals surface area contributed by atoms with Crippen LogP contribution in [0.25, 0.3) is 21.1 Å². The van der Waals surface area contributed by atoms with Gasteiger partial charge in [0.05, 0.1) is 22.3 Å². The van der Waals surface area contributed by atoms with Crippen LogP contribution in [0.15, 0.2) is 48.5 Å². The molecule has 3 heterocycles. The Morgan fingerprint density at radius 2 is 1.84 bits per heavy atom. The van der Waals surface area contributed by atoms with Crippen molar-refractivity contribution in [3.63, 3.8) is 0 Å². The lowest BCUT2D eigenvalue weighted by molar-refractivity contribution is -0.118. The van der Waals surface area contributed by atoms with Crippen LogP contribution in [0, 0.1) is 5.92 Å². The van der Waals surface area contributed by atoms with Gasteiger partial charge >= 0.3 is 0 Å². The Hall–Kier alpha value is -2.70. The average molecular weight is 431 g/mol. The number of carbonyl (C=O) groups is 1. The molecule has 2 aromatic carbocycles. The van der Waals surface area contributed by atoms with Gasteiger partial charge in [0.1, 0.15) is 0 Å². The molecule has 0 saturated heterocycles. The van der Waals surface area contributed by atoms with E-state index in [-0.39, 0.29) is 18.0 Å². The van der Waals surface area contributed by atoms with Crippen molar-refractivity contribution in [2.45, 2.75) is 50.6 Å². The standard InChI is InChI=1S/C25H26N4OS/c30-24(29-25-28-19-12-6-7-13-21(19)31-25)20-14-17-16-10-4-5-11-18(16)26-23(17)22(27-20)15-8-2-1-3-9-15/h4-7,10-13,15,20,22,26-27H,1-3,8-9,14H2,(H,28,29,30)/t20-,22+/m1/s1. The minimum Gasteiger partial charge on any atom is -0.357 e. The number of fused-ring (bicyclic) bond motifs is 4. The molecule has 5 nitrogen and oxygen atoms in total. The zero-order valence-corrected chi connectivity index (χ0v) is 18.2. The van der Waals surface area contributed by atoms with E-state index in [2.05, 4.69) is 44.9 Å². The van der Waals surface area contributed by atoms with Crippen molar-refractivity contribution in [2.24, 2.45) is 5.92 Å². The summed E-state index contributed by atoms with van der Waals surface area (Å²) in [6, 6.07) is 16.4. The van der Waals surface area contributed by atoms with Gasteiger partial charge in [-0.05, 0) is 48.9 Å². The highest BCUT2D eigenvalue weighted by Crippen LogP contribution is 2.40. The normalized spacial score (nSPS) is 21.9. The molecule has 1 fully saturated rings. The molecule has 1 saturated carbocycles. The number of nitrogens with zero attached hydrogens (tertiary/aromatic N) is 1. The number of hydrogen-bond acceptors (Lipinski definition) is 4. The largest absolute Gasteiger partial charge is 0.357 e. The van der Waals surface area contributed by atoms with Crippen molar-refractivity contribution >= 4 is 43.5 Å². The van der Waals surface area contributed by atoms with Gasteiger partial charge in [-0.25, -0.2) is 4.98 Å². The van der Waals surface area contributed by atoms with E-state index in [9.17, 15) is 4.79 Å². The summed E-state index contributed by atoms with van der Waals surface area (Å²) < 4.78 is 1.09. The predicted octanol–water partition coefficient (Wildman–Crippen LogP) is 5.55. The smallest absolute Gasteiger partial charge is 0.243 e. The molecule has 1 amide bonds. The van der Waals surface area contributed by atoms with Gasteiger partial charge in [0.2, 0.25) is 5.91 Å². The molecule has 0 radical (unpaired) electrons. The number of para-hydroxylation sites is 2. The summed E-state index contributed by atoms with van der Waals surface area (Å²) in [5, 5.41) is 8.74. The summed E-state index contributed by atoms with van der Waals surface area (Å²) in [7, 11) is 0. The molecule has 31 heavy (non-hydrogen) atoms. The maximum Gasteiger partial charge on any atom is 0.243 e. The summed E-state index contributed by atoms with van der Waals surface area (Å²) in [6.07, 6.45) is 7.02. The van der Waals surface area contributed by atoms with Gasteiger partial charge in [0.15, 0.2) is 5.13 Å². The predicted molar refractivity (Wildman–Crippen MR) is 126 cm³/mol. The highest BCUT2D eigenvalue weighted by molar-refractivity contribution is 7.22. The zero-order chi connectivity index (χ0) is 20.8. The van der Waals surface area contributed by atoms with Crippen LogP contribution in [0.4, 0.5) is 5.13 Å². The van der Waals surface area contributed by atoms with Crippen LogP contribution in [-0.4, -0.2) is 21.9 Å². The fourth-order valence-electron chi connectivity index (χ4n) is 5.40. The number of rotatable bonds is 3. The summed E-state index contributed by atoms with van der Waals surface area (Å²) >= 11 is 1.53. The highest BCUT2D eigenvalue weighted by Gasteiger charge is 2.37. The SMILES string of the molecule is O=C(Nc1nc2ccccc2s1)[C@H]1Cc2c([nH]c3ccccc23)[C@H](C2CCCCC2)N1. The highest BCUT2D eigenvalue weighted by atomic mass is 32.1. The lowest BCUT2D eigenvalue weighted by Gasteiger charge is -2.37. The minimum absolute atomic E-state index is 0.01000. The van der Waals surface area contributed by atoms with E-state index < -0.39 is 0 Å². The van der Waals surface area contributed by atoms with E-state index in [1.807, 2.05) is 24.3 Å². The van der Waals surface area contributed by atoms with Crippen molar-refractivity contribution < 1.29 is 4.79 Å². The number of nitrogens with one attached hydrogen (secondary N) is 3. The average Bonchev–Trinajstić information content (AvgIpc) is 3.39. The number of benzene rings is 2. The van der Waals surface area contributed by atoms with Crippen LogP contribution in [0.5, 0.6) is 0 Å². The number of carbonyl (C=O) groups excluding carboxylic acids is 1. The van der Waals surface area contributed by atoms with Crippen LogP contribution in [0.1, 0.15) is 49.4 Å². The van der Waals surface area contributed by atoms with E-state index in [0.717, 1.165) is 10.2 Å². The van der Waals surface area contributed by atoms with Crippen molar-refractivity contribution in [1.29, 1.82) is 0 Å². The summed E-state index contributed by atoms with van der Waals surface area (Å²) in [4.78, 5) is 21.6. The molecular formula is C25H26N4OS. The topological polar surface area (TPSA) is 69.8 Å². The Balaban J connectivity index is 1.32. The molecule has 2 aliphatic rings. The molecule has 0 unspecified atom stereocenters. The van der Waals surface area contributed by atoms with E-state index >= 15 is 0 Å². The van der Waals surface area contributed by atoms with Gasteiger partial charge in [0, 0.05) is 16.6 Å². The minimum atomic E-state index is -0.259. The monoisotopic (exact) mass is 430 g/mol. The lowest BCUT2D eigenvalue weighted by atomic mass is 9.79. The molecule has 0 spiro atoms. The van der Waals surface area contributed by atoms with E-state index in [1.165, 1.54) is 65.6 Å². The third kappa shape index (κ3) is 3.44. The molecule has 4 aromatic rings. The van der Waals surface area contributed by atoms with Crippen molar-refractivity contribution in [3.8, 4) is 0 Å². The van der Waals surface area contributed by atoms with Gasteiger partial charge in [-0.15, -0.1) is 0 Å². The van der Waals surface area contributed by atoms with Gasteiger partial charge in [0.25, 0.3) is 0 Å². The maximum atomic E-state index is 13.3.